The van der Waals surface area contributed by atoms with Crippen molar-refractivity contribution in [2.75, 3.05) is 13.7 Å². The Morgan fingerprint density at radius 2 is 1.94 bits per heavy atom. The Hall–Kier alpha value is -2.84. The standard InChI is InChI=1S/C18H20N3O11P/c1-29-10-3-2-4-11-14(10)9(19-32-11)7-21-13(22)5-6-20(18(21)25)17-16(24)15(23)12(31-17)8-30-33(26,27)28/h2-6,12,15-17,23-24H,7-8H2,1H3,(H2,26,27,28)/t12-,15+,16?,17-/m1/s1. The van der Waals surface area contributed by atoms with Gasteiger partial charge in [0.05, 0.1) is 25.6 Å². The summed E-state index contributed by atoms with van der Waals surface area (Å²) >= 11 is 0. The number of hydrogen-bond donors (Lipinski definition) is 4. The predicted molar refractivity (Wildman–Crippen MR) is 109 cm³/mol. The lowest BCUT2D eigenvalue weighted by Crippen LogP contribution is -2.43. The highest BCUT2D eigenvalue weighted by molar-refractivity contribution is 7.46. The monoisotopic (exact) mass is 485 g/mol. The van der Waals surface area contributed by atoms with E-state index in [2.05, 4.69) is 9.68 Å². The molecule has 0 spiro atoms. The zero-order valence-electron chi connectivity index (χ0n) is 17.0. The van der Waals surface area contributed by atoms with Crippen molar-refractivity contribution < 1.29 is 43.1 Å². The van der Waals surface area contributed by atoms with E-state index in [-0.39, 0.29) is 12.2 Å². The fraction of sp³-hybridized carbons (Fsp3) is 0.389. The highest BCUT2D eigenvalue weighted by Crippen LogP contribution is 2.38. The fourth-order valence-corrected chi connectivity index (χ4v) is 3.93. The molecule has 0 amide bonds. The summed E-state index contributed by atoms with van der Waals surface area (Å²) in [6.45, 7) is -1.03. The molecule has 3 heterocycles. The van der Waals surface area contributed by atoms with Crippen molar-refractivity contribution >= 4 is 18.8 Å². The highest BCUT2D eigenvalue weighted by atomic mass is 31.2. The number of methoxy groups -OCH3 is 1. The van der Waals surface area contributed by atoms with Crippen LogP contribution in [0.4, 0.5) is 0 Å². The lowest BCUT2D eigenvalue weighted by Gasteiger charge is -2.18. The summed E-state index contributed by atoms with van der Waals surface area (Å²) in [6, 6.07) is 6.06. The van der Waals surface area contributed by atoms with E-state index in [0.717, 1.165) is 21.4 Å². The summed E-state index contributed by atoms with van der Waals surface area (Å²) < 4.78 is 32.9. The topological polar surface area (TPSA) is 196 Å². The van der Waals surface area contributed by atoms with Gasteiger partial charge in [0, 0.05) is 12.3 Å². The van der Waals surface area contributed by atoms with E-state index in [9.17, 15) is 24.4 Å². The molecular formula is C18H20N3O11P. The number of nitrogens with zero attached hydrogens (tertiary/aromatic N) is 3. The van der Waals surface area contributed by atoms with E-state index in [1.807, 2.05) is 0 Å². The smallest absolute Gasteiger partial charge is 0.469 e. The van der Waals surface area contributed by atoms with E-state index in [4.69, 9.17) is 23.8 Å². The summed E-state index contributed by atoms with van der Waals surface area (Å²) in [7, 11) is -3.40. The van der Waals surface area contributed by atoms with Crippen LogP contribution in [0, 0.1) is 0 Å². The maximum absolute atomic E-state index is 13.1. The van der Waals surface area contributed by atoms with Gasteiger partial charge >= 0.3 is 13.5 Å². The molecule has 1 unspecified atom stereocenters. The molecule has 2 aromatic heterocycles. The number of aliphatic hydroxyl groups is 2. The summed E-state index contributed by atoms with van der Waals surface area (Å²) in [5.41, 5.74) is -0.919. The summed E-state index contributed by atoms with van der Waals surface area (Å²) in [5.74, 6) is 0.429. The average molecular weight is 485 g/mol. The first kappa shape index (κ1) is 23.3. The van der Waals surface area contributed by atoms with Crippen molar-refractivity contribution in [3.8, 4) is 5.75 Å². The Morgan fingerprint density at radius 1 is 1.18 bits per heavy atom. The van der Waals surface area contributed by atoms with Gasteiger partial charge in [0.2, 0.25) is 0 Å². The van der Waals surface area contributed by atoms with Crippen LogP contribution in [0.1, 0.15) is 11.9 Å². The number of phosphoric acid groups is 1. The molecule has 0 aliphatic carbocycles. The molecule has 4 rings (SSSR count). The minimum Gasteiger partial charge on any atom is -0.496 e. The number of rotatable bonds is 7. The molecule has 3 aromatic rings. The van der Waals surface area contributed by atoms with Crippen molar-refractivity contribution in [1.82, 2.24) is 14.3 Å². The van der Waals surface area contributed by atoms with Crippen molar-refractivity contribution in [2.45, 2.75) is 31.1 Å². The lowest BCUT2D eigenvalue weighted by atomic mass is 10.1. The van der Waals surface area contributed by atoms with Crippen molar-refractivity contribution in [2.24, 2.45) is 0 Å². The Kier molecular flexibility index (Phi) is 6.24. The van der Waals surface area contributed by atoms with Crippen molar-refractivity contribution in [1.29, 1.82) is 0 Å². The normalized spacial score (nSPS) is 23.3. The second-order valence-electron chi connectivity index (χ2n) is 7.23. The number of phosphoric ester groups is 1. The van der Waals surface area contributed by atoms with Crippen LogP contribution in [0.3, 0.4) is 0 Å². The van der Waals surface area contributed by atoms with E-state index in [1.54, 1.807) is 18.2 Å². The molecular weight excluding hydrogens is 465 g/mol. The third-order valence-electron chi connectivity index (χ3n) is 5.17. The first-order valence-corrected chi connectivity index (χ1v) is 11.1. The Balaban J connectivity index is 1.67. The van der Waals surface area contributed by atoms with Crippen molar-refractivity contribution in [3.63, 3.8) is 0 Å². The van der Waals surface area contributed by atoms with Gasteiger partial charge in [-0.1, -0.05) is 11.2 Å². The van der Waals surface area contributed by atoms with E-state index in [0.29, 0.717) is 16.7 Å². The Labute approximate surface area is 184 Å². The van der Waals surface area contributed by atoms with Crippen LogP contribution >= 0.6 is 7.82 Å². The van der Waals surface area contributed by atoms with Crippen LogP contribution < -0.4 is 16.0 Å². The second kappa shape index (κ2) is 8.83. The molecule has 4 atom stereocenters. The van der Waals surface area contributed by atoms with Gasteiger partial charge < -0.3 is 34.0 Å². The molecule has 1 saturated heterocycles. The van der Waals surface area contributed by atoms with Crippen molar-refractivity contribution in [3.05, 3.63) is 57.0 Å². The number of hydrogen-bond acceptors (Lipinski definition) is 10. The molecule has 15 heteroatoms. The molecule has 1 aromatic carbocycles. The predicted octanol–water partition coefficient (Wildman–Crippen LogP) is -1.06. The first-order valence-electron chi connectivity index (χ1n) is 9.55. The van der Waals surface area contributed by atoms with Gasteiger partial charge in [-0.25, -0.2) is 9.36 Å². The maximum atomic E-state index is 13.1. The molecule has 4 N–H and O–H groups in total. The molecule has 0 bridgehead atoms. The molecule has 178 valence electrons. The lowest BCUT2D eigenvalue weighted by molar-refractivity contribution is -0.0548. The molecule has 14 nitrogen and oxygen atoms in total. The Morgan fingerprint density at radius 3 is 2.64 bits per heavy atom. The first-order chi connectivity index (χ1) is 15.6. The van der Waals surface area contributed by atoms with Gasteiger partial charge in [-0.3, -0.25) is 18.5 Å². The molecule has 1 fully saturated rings. The zero-order chi connectivity index (χ0) is 23.9. The second-order valence-corrected chi connectivity index (χ2v) is 8.46. The number of fused-ring (bicyclic) bond motifs is 1. The third kappa shape index (κ3) is 4.50. The minimum absolute atomic E-state index is 0.250. The van der Waals surface area contributed by atoms with Crippen LogP contribution in [0.15, 0.2) is 44.6 Å². The SMILES string of the molecule is COc1cccc2onc(Cn3c(=O)ccn([C@@H]4O[C@H](COP(=O)(O)O)[C@H](O)C4O)c3=O)c12. The highest BCUT2D eigenvalue weighted by Gasteiger charge is 2.45. The fourth-order valence-electron chi connectivity index (χ4n) is 3.59. The van der Waals surface area contributed by atoms with Gasteiger partial charge in [-0.05, 0) is 12.1 Å². The minimum atomic E-state index is -4.85. The van der Waals surface area contributed by atoms with Crippen LogP contribution in [-0.4, -0.2) is 66.3 Å². The number of benzene rings is 1. The van der Waals surface area contributed by atoms with Crippen LogP contribution in [-0.2, 0) is 20.4 Å². The van der Waals surface area contributed by atoms with Crippen LogP contribution in [0.5, 0.6) is 5.75 Å². The van der Waals surface area contributed by atoms with E-state index < -0.39 is 50.2 Å². The van der Waals surface area contributed by atoms with Gasteiger partial charge in [-0.15, -0.1) is 0 Å². The maximum Gasteiger partial charge on any atom is 0.469 e. The largest absolute Gasteiger partial charge is 0.496 e. The molecule has 1 aliphatic heterocycles. The van der Waals surface area contributed by atoms with Crippen LogP contribution in [0.25, 0.3) is 11.0 Å². The zero-order valence-corrected chi connectivity index (χ0v) is 17.9. The van der Waals surface area contributed by atoms with Gasteiger partial charge in [0.25, 0.3) is 5.56 Å². The number of ether oxygens (including phenoxy) is 2. The van der Waals surface area contributed by atoms with E-state index >= 15 is 0 Å². The third-order valence-corrected chi connectivity index (χ3v) is 5.66. The van der Waals surface area contributed by atoms with Gasteiger partial charge in [0.15, 0.2) is 11.8 Å². The summed E-state index contributed by atoms with van der Waals surface area (Å²) in [5, 5.41) is 24.9. The average Bonchev–Trinajstić information content (AvgIpc) is 3.30. The molecule has 1 aliphatic rings. The number of aliphatic hydroxyl groups excluding tert-OH is 2. The van der Waals surface area contributed by atoms with E-state index in [1.165, 1.54) is 7.11 Å². The molecule has 0 saturated carbocycles. The molecule has 0 radical (unpaired) electrons. The number of aromatic nitrogens is 3. The van der Waals surface area contributed by atoms with Gasteiger partial charge in [-0.2, -0.15) is 0 Å². The molecule has 33 heavy (non-hydrogen) atoms. The summed E-state index contributed by atoms with van der Waals surface area (Å²) in [6.07, 6.45) is -4.97. The van der Waals surface area contributed by atoms with Gasteiger partial charge in [0.1, 0.15) is 29.8 Å². The quantitative estimate of drug-likeness (QED) is 0.297. The Bertz CT molecular complexity index is 1330. The van der Waals surface area contributed by atoms with Crippen LogP contribution in [0.2, 0.25) is 0 Å². The summed E-state index contributed by atoms with van der Waals surface area (Å²) in [4.78, 5) is 43.2.